The Kier molecular flexibility index (Phi) is 6.08. The van der Waals surface area contributed by atoms with Gasteiger partial charge in [-0.25, -0.2) is 23.8 Å². The molecule has 1 aromatic carbocycles. The predicted octanol–water partition coefficient (Wildman–Crippen LogP) is 2.74. The van der Waals surface area contributed by atoms with E-state index in [4.69, 9.17) is 4.74 Å². The second kappa shape index (κ2) is 9.09. The fourth-order valence-electron chi connectivity index (χ4n) is 3.56. The number of nitrogens with zero attached hydrogens (tertiary/aromatic N) is 5. The number of morpholine rings is 1. The number of carbonyl (C=O) groups is 1. The molecule has 2 amide bonds. The van der Waals surface area contributed by atoms with Crippen molar-refractivity contribution in [1.29, 1.82) is 0 Å². The topological polar surface area (TPSA) is 97.2 Å². The average molecular weight is 425 g/mol. The average Bonchev–Trinajstić information content (AvgIpc) is 3.27. The highest BCUT2D eigenvalue weighted by atomic mass is 19.1. The quantitative estimate of drug-likeness (QED) is 0.653. The van der Waals surface area contributed by atoms with Crippen molar-refractivity contribution in [1.82, 2.24) is 25.1 Å². The van der Waals surface area contributed by atoms with E-state index in [9.17, 15) is 9.18 Å². The maximum atomic E-state index is 14.7. The molecule has 0 radical (unpaired) electrons. The number of pyridine rings is 1. The van der Waals surface area contributed by atoms with Gasteiger partial charge in [0.2, 0.25) is 0 Å². The highest BCUT2D eigenvalue weighted by Gasteiger charge is 2.24. The van der Waals surface area contributed by atoms with Crippen LogP contribution in [0, 0.1) is 5.82 Å². The van der Waals surface area contributed by atoms with Gasteiger partial charge in [0.15, 0.2) is 5.82 Å². The standard InChI is InChI=1S/C21H24FN7O2/c1-14-10-28(11-15(2)31-14)19-5-4-17(7-18(19)22)27-21(30)25-9-16-3-6-20(24-8-16)29-13-23-12-26-29/h3-8,12-15H,9-11H2,1-2H3,(H2,25,27,30)/t14-,15+. The van der Waals surface area contributed by atoms with Crippen molar-refractivity contribution in [3.05, 3.63) is 60.6 Å². The lowest BCUT2D eigenvalue weighted by molar-refractivity contribution is -0.00539. The number of nitrogens with one attached hydrogen (secondary N) is 2. The monoisotopic (exact) mass is 425 g/mol. The first-order valence-corrected chi connectivity index (χ1v) is 10.0. The van der Waals surface area contributed by atoms with Crippen LogP contribution in [0.15, 0.2) is 49.2 Å². The molecule has 9 nitrogen and oxygen atoms in total. The van der Waals surface area contributed by atoms with Crippen molar-refractivity contribution in [2.45, 2.75) is 32.6 Å². The van der Waals surface area contributed by atoms with Crippen LogP contribution < -0.4 is 15.5 Å². The Morgan fingerprint density at radius 3 is 2.68 bits per heavy atom. The lowest BCUT2D eigenvalue weighted by atomic mass is 10.2. The summed E-state index contributed by atoms with van der Waals surface area (Å²) in [5.41, 5.74) is 1.70. The van der Waals surface area contributed by atoms with Crippen molar-refractivity contribution in [3.8, 4) is 5.82 Å². The number of ether oxygens (including phenoxy) is 1. The Balaban J connectivity index is 1.32. The van der Waals surface area contributed by atoms with E-state index in [0.717, 1.165) is 5.56 Å². The van der Waals surface area contributed by atoms with Crippen LogP contribution in [0.2, 0.25) is 0 Å². The predicted molar refractivity (Wildman–Crippen MR) is 114 cm³/mol. The summed E-state index contributed by atoms with van der Waals surface area (Å²) in [6.45, 7) is 5.47. The van der Waals surface area contributed by atoms with Crippen LogP contribution in [0.3, 0.4) is 0 Å². The largest absolute Gasteiger partial charge is 0.372 e. The number of benzene rings is 1. The van der Waals surface area contributed by atoms with Crippen molar-refractivity contribution < 1.29 is 13.9 Å². The fraction of sp³-hybridized carbons (Fsp3) is 0.333. The third-order valence-electron chi connectivity index (χ3n) is 4.88. The Morgan fingerprint density at radius 2 is 2.03 bits per heavy atom. The minimum atomic E-state index is -0.430. The van der Waals surface area contributed by atoms with E-state index in [1.165, 1.54) is 12.4 Å². The Labute approximate surface area is 179 Å². The molecule has 1 aliphatic rings. The van der Waals surface area contributed by atoms with Crippen molar-refractivity contribution in [2.24, 2.45) is 0 Å². The molecule has 0 aliphatic carbocycles. The molecule has 2 atom stereocenters. The number of aromatic nitrogens is 4. The summed E-state index contributed by atoms with van der Waals surface area (Å²) in [5.74, 6) is 0.248. The first kappa shape index (κ1) is 20.7. The summed E-state index contributed by atoms with van der Waals surface area (Å²) < 4.78 is 21.9. The lowest BCUT2D eigenvalue weighted by Crippen LogP contribution is -2.45. The van der Waals surface area contributed by atoms with Crippen LogP contribution in [0.25, 0.3) is 5.82 Å². The second-order valence-corrected chi connectivity index (χ2v) is 7.50. The van der Waals surface area contributed by atoms with E-state index >= 15 is 0 Å². The third-order valence-corrected chi connectivity index (χ3v) is 4.88. The van der Waals surface area contributed by atoms with Gasteiger partial charge in [-0.3, -0.25) is 0 Å². The maximum Gasteiger partial charge on any atom is 0.319 e. The number of anilines is 2. The molecule has 4 rings (SSSR count). The summed E-state index contributed by atoms with van der Waals surface area (Å²) in [4.78, 5) is 22.3. The molecule has 10 heteroatoms. The van der Waals surface area contributed by atoms with E-state index in [-0.39, 0.29) is 24.6 Å². The minimum absolute atomic E-state index is 0.0338. The summed E-state index contributed by atoms with van der Waals surface area (Å²) in [7, 11) is 0. The highest BCUT2D eigenvalue weighted by molar-refractivity contribution is 5.89. The zero-order valence-corrected chi connectivity index (χ0v) is 17.3. The molecule has 1 saturated heterocycles. The van der Waals surface area contributed by atoms with Gasteiger partial charge in [0, 0.05) is 31.5 Å². The van der Waals surface area contributed by atoms with Crippen LogP contribution in [0.5, 0.6) is 0 Å². The van der Waals surface area contributed by atoms with Gasteiger partial charge in [0.05, 0.1) is 17.9 Å². The van der Waals surface area contributed by atoms with Gasteiger partial charge < -0.3 is 20.3 Å². The molecular weight excluding hydrogens is 401 g/mol. The Bertz CT molecular complexity index is 1020. The summed E-state index contributed by atoms with van der Waals surface area (Å²) in [5, 5.41) is 9.41. The molecule has 31 heavy (non-hydrogen) atoms. The number of urea groups is 1. The normalized spacial score (nSPS) is 18.6. The van der Waals surface area contributed by atoms with Gasteiger partial charge in [-0.1, -0.05) is 6.07 Å². The van der Waals surface area contributed by atoms with Gasteiger partial charge in [-0.15, -0.1) is 0 Å². The van der Waals surface area contributed by atoms with Gasteiger partial charge >= 0.3 is 6.03 Å². The van der Waals surface area contributed by atoms with E-state index < -0.39 is 6.03 Å². The first-order valence-electron chi connectivity index (χ1n) is 10.0. The summed E-state index contributed by atoms with van der Waals surface area (Å²) in [6.07, 6.45) is 4.70. The molecule has 2 N–H and O–H groups in total. The summed E-state index contributed by atoms with van der Waals surface area (Å²) >= 11 is 0. The van der Waals surface area contributed by atoms with E-state index in [2.05, 4.69) is 25.7 Å². The molecule has 162 valence electrons. The smallest absolute Gasteiger partial charge is 0.319 e. The van der Waals surface area contributed by atoms with Gasteiger partial charge in [0.25, 0.3) is 0 Å². The Morgan fingerprint density at radius 1 is 1.23 bits per heavy atom. The molecular formula is C21H24FN7O2. The molecule has 0 spiro atoms. The molecule has 0 saturated carbocycles. The molecule has 3 heterocycles. The Hall–Kier alpha value is -3.53. The van der Waals surface area contributed by atoms with Crippen molar-refractivity contribution in [2.75, 3.05) is 23.3 Å². The van der Waals surface area contributed by atoms with E-state index in [0.29, 0.717) is 30.3 Å². The number of hydrogen-bond donors (Lipinski definition) is 2. The van der Waals surface area contributed by atoms with Gasteiger partial charge in [-0.05, 0) is 43.7 Å². The van der Waals surface area contributed by atoms with E-state index in [1.54, 1.807) is 35.4 Å². The first-order chi connectivity index (χ1) is 15.0. The molecule has 3 aromatic rings. The van der Waals surface area contributed by atoms with Gasteiger partial charge in [-0.2, -0.15) is 5.10 Å². The van der Waals surface area contributed by atoms with Crippen LogP contribution in [-0.2, 0) is 11.3 Å². The van der Waals surface area contributed by atoms with Crippen LogP contribution in [-0.4, -0.2) is 51.1 Å². The number of carbonyl (C=O) groups excluding carboxylic acids is 1. The number of rotatable bonds is 5. The third kappa shape index (κ3) is 5.15. The molecule has 0 unspecified atom stereocenters. The SMILES string of the molecule is C[C@@H]1CN(c2ccc(NC(=O)NCc3ccc(-n4cncn4)nc3)cc2F)C[C@H](C)O1. The lowest BCUT2D eigenvalue weighted by Gasteiger charge is -2.37. The minimum Gasteiger partial charge on any atom is -0.372 e. The molecule has 0 bridgehead atoms. The number of hydrogen-bond acceptors (Lipinski definition) is 6. The van der Waals surface area contributed by atoms with Crippen molar-refractivity contribution >= 4 is 17.4 Å². The zero-order valence-electron chi connectivity index (χ0n) is 17.3. The van der Waals surface area contributed by atoms with Gasteiger partial charge in [0.1, 0.15) is 18.5 Å². The maximum absolute atomic E-state index is 14.7. The van der Waals surface area contributed by atoms with Crippen molar-refractivity contribution in [3.63, 3.8) is 0 Å². The van der Waals surface area contributed by atoms with E-state index in [1.807, 2.05) is 24.8 Å². The molecule has 2 aromatic heterocycles. The molecule has 1 aliphatic heterocycles. The van der Waals surface area contributed by atoms with Crippen LogP contribution in [0.4, 0.5) is 20.6 Å². The molecule has 1 fully saturated rings. The summed E-state index contributed by atoms with van der Waals surface area (Å²) in [6, 6.07) is 7.89. The number of amides is 2. The fourth-order valence-corrected chi connectivity index (χ4v) is 3.56. The second-order valence-electron chi connectivity index (χ2n) is 7.50. The van der Waals surface area contributed by atoms with Crippen LogP contribution >= 0.6 is 0 Å². The highest BCUT2D eigenvalue weighted by Crippen LogP contribution is 2.26. The van der Waals surface area contributed by atoms with Crippen LogP contribution in [0.1, 0.15) is 19.4 Å². The number of halogens is 1. The zero-order chi connectivity index (χ0) is 21.8.